The number of aromatic carboxylic acids is 1. The van der Waals surface area contributed by atoms with Gasteiger partial charge < -0.3 is 15.7 Å². The number of hydrogen-bond acceptors (Lipinski definition) is 4. The van der Waals surface area contributed by atoms with E-state index in [-0.39, 0.29) is 18.3 Å². The summed E-state index contributed by atoms with van der Waals surface area (Å²) in [5, 5.41) is 20.1. The zero-order chi connectivity index (χ0) is 13.7. The molecule has 2 rings (SSSR count). The number of rotatable bonds is 4. The molecule has 0 unspecified atom stereocenters. The number of urea groups is 1. The van der Waals surface area contributed by atoms with E-state index in [1.165, 1.54) is 18.5 Å². The molecule has 0 saturated heterocycles. The topological polar surface area (TPSA) is 120 Å². The molecule has 0 fully saturated rings. The van der Waals surface area contributed by atoms with E-state index in [1.54, 1.807) is 12.3 Å². The molecule has 0 bridgehead atoms. The molecule has 0 saturated carbocycles. The summed E-state index contributed by atoms with van der Waals surface area (Å²) >= 11 is 0. The van der Waals surface area contributed by atoms with Gasteiger partial charge in [-0.1, -0.05) is 6.07 Å². The SMILES string of the molecule is O=C(NCc1ccc(C(=O)O)nc1)Nc1cn[nH]c1. The molecule has 0 aliphatic heterocycles. The number of carboxylic acids is 1. The minimum Gasteiger partial charge on any atom is -0.477 e. The lowest BCUT2D eigenvalue weighted by atomic mass is 10.2. The van der Waals surface area contributed by atoms with Crippen molar-refractivity contribution in [3.05, 3.63) is 42.0 Å². The number of carbonyl (C=O) groups excluding carboxylic acids is 1. The lowest BCUT2D eigenvalue weighted by molar-refractivity contribution is 0.0690. The van der Waals surface area contributed by atoms with Crippen LogP contribution in [0.2, 0.25) is 0 Å². The van der Waals surface area contributed by atoms with E-state index in [9.17, 15) is 9.59 Å². The molecule has 2 heterocycles. The number of anilines is 1. The maximum absolute atomic E-state index is 11.5. The Hall–Kier alpha value is -2.90. The van der Waals surface area contributed by atoms with Crippen molar-refractivity contribution >= 4 is 17.7 Å². The van der Waals surface area contributed by atoms with Crippen LogP contribution in [0.15, 0.2) is 30.7 Å². The highest BCUT2D eigenvalue weighted by molar-refractivity contribution is 5.88. The van der Waals surface area contributed by atoms with Crippen LogP contribution in [0, 0.1) is 0 Å². The Kier molecular flexibility index (Phi) is 3.72. The first kappa shape index (κ1) is 12.6. The van der Waals surface area contributed by atoms with Gasteiger partial charge in [-0.3, -0.25) is 5.10 Å². The summed E-state index contributed by atoms with van der Waals surface area (Å²) in [4.78, 5) is 25.8. The maximum atomic E-state index is 11.5. The number of carboxylic acid groups (broad SMARTS) is 1. The highest BCUT2D eigenvalue weighted by Crippen LogP contribution is 2.02. The van der Waals surface area contributed by atoms with Crippen LogP contribution in [0.4, 0.5) is 10.5 Å². The van der Waals surface area contributed by atoms with Crippen molar-refractivity contribution in [3.8, 4) is 0 Å². The van der Waals surface area contributed by atoms with Gasteiger partial charge in [0, 0.05) is 18.9 Å². The van der Waals surface area contributed by atoms with Gasteiger partial charge in [-0.2, -0.15) is 5.10 Å². The van der Waals surface area contributed by atoms with Crippen LogP contribution in [-0.2, 0) is 6.54 Å². The lowest BCUT2D eigenvalue weighted by Crippen LogP contribution is -2.28. The molecule has 4 N–H and O–H groups in total. The molecule has 0 spiro atoms. The summed E-state index contributed by atoms with van der Waals surface area (Å²) in [6.07, 6.45) is 4.42. The number of H-pyrrole nitrogens is 1. The zero-order valence-electron chi connectivity index (χ0n) is 9.75. The van der Waals surface area contributed by atoms with Crippen molar-refractivity contribution in [3.63, 3.8) is 0 Å². The molecule has 2 amide bonds. The summed E-state index contributed by atoms with van der Waals surface area (Å²) in [6, 6.07) is 2.59. The molecule has 8 nitrogen and oxygen atoms in total. The van der Waals surface area contributed by atoms with Gasteiger partial charge in [-0.15, -0.1) is 0 Å². The van der Waals surface area contributed by atoms with E-state index >= 15 is 0 Å². The van der Waals surface area contributed by atoms with Gasteiger partial charge in [0.15, 0.2) is 0 Å². The first-order valence-electron chi connectivity index (χ1n) is 5.37. The van der Waals surface area contributed by atoms with Crippen molar-refractivity contribution in [2.75, 3.05) is 5.32 Å². The average molecular weight is 261 g/mol. The van der Waals surface area contributed by atoms with Crippen molar-refractivity contribution < 1.29 is 14.7 Å². The highest BCUT2D eigenvalue weighted by atomic mass is 16.4. The Bertz CT molecular complexity index is 565. The Morgan fingerprint density at radius 2 is 2.16 bits per heavy atom. The summed E-state index contributed by atoms with van der Waals surface area (Å²) in [5.41, 5.74) is 1.22. The number of amides is 2. The van der Waals surface area contributed by atoms with E-state index in [1.807, 2.05) is 0 Å². The van der Waals surface area contributed by atoms with Crippen molar-refractivity contribution in [1.29, 1.82) is 0 Å². The second-order valence-corrected chi connectivity index (χ2v) is 3.65. The second kappa shape index (κ2) is 5.63. The van der Waals surface area contributed by atoms with E-state index in [4.69, 9.17) is 5.11 Å². The largest absolute Gasteiger partial charge is 0.477 e. The van der Waals surface area contributed by atoms with Gasteiger partial charge in [0.25, 0.3) is 0 Å². The normalized spacial score (nSPS) is 9.89. The third kappa shape index (κ3) is 3.53. The fourth-order valence-corrected chi connectivity index (χ4v) is 1.33. The molecule has 0 radical (unpaired) electrons. The van der Waals surface area contributed by atoms with Crippen LogP contribution in [0.1, 0.15) is 16.1 Å². The fourth-order valence-electron chi connectivity index (χ4n) is 1.33. The predicted octanol–water partition coefficient (Wildman–Crippen LogP) is 0.825. The second-order valence-electron chi connectivity index (χ2n) is 3.65. The number of pyridine rings is 1. The molecule has 8 heteroatoms. The molecular formula is C11H11N5O3. The Balaban J connectivity index is 1.84. The van der Waals surface area contributed by atoms with E-state index in [0.717, 1.165) is 0 Å². The van der Waals surface area contributed by atoms with Gasteiger partial charge in [-0.25, -0.2) is 14.6 Å². The van der Waals surface area contributed by atoms with Crippen molar-refractivity contribution in [2.24, 2.45) is 0 Å². The number of aromatic nitrogens is 3. The number of nitrogens with zero attached hydrogens (tertiary/aromatic N) is 2. The average Bonchev–Trinajstić information content (AvgIpc) is 2.89. The molecule has 0 aliphatic carbocycles. The summed E-state index contributed by atoms with van der Waals surface area (Å²) in [7, 11) is 0. The molecule has 19 heavy (non-hydrogen) atoms. The van der Waals surface area contributed by atoms with Crippen LogP contribution < -0.4 is 10.6 Å². The molecule has 98 valence electrons. The van der Waals surface area contributed by atoms with E-state index in [2.05, 4.69) is 25.8 Å². The van der Waals surface area contributed by atoms with Crippen molar-refractivity contribution in [1.82, 2.24) is 20.5 Å². The van der Waals surface area contributed by atoms with Crippen LogP contribution in [0.3, 0.4) is 0 Å². The summed E-state index contributed by atoms with van der Waals surface area (Å²) < 4.78 is 0. The number of aromatic amines is 1. The zero-order valence-corrected chi connectivity index (χ0v) is 9.75. The highest BCUT2D eigenvalue weighted by Gasteiger charge is 2.05. The summed E-state index contributed by atoms with van der Waals surface area (Å²) in [6.45, 7) is 0.247. The fraction of sp³-hybridized carbons (Fsp3) is 0.0909. The molecule has 0 aliphatic rings. The summed E-state index contributed by atoms with van der Waals surface area (Å²) in [5.74, 6) is -1.09. The standard InChI is InChI=1S/C11H11N5O3/c17-10(18)9-2-1-7(3-12-9)4-13-11(19)16-8-5-14-15-6-8/h1-3,5-6H,4H2,(H,14,15)(H,17,18)(H2,13,16,19). The molecule has 2 aromatic rings. The van der Waals surface area contributed by atoms with Gasteiger partial charge in [0.1, 0.15) is 5.69 Å². The quantitative estimate of drug-likeness (QED) is 0.649. The van der Waals surface area contributed by atoms with Gasteiger partial charge in [0.05, 0.1) is 11.9 Å². The Morgan fingerprint density at radius 3 is 2.74 bits per heavy atom. The number of carbonyl (C=O) groups is 2. The van der Waals surface area contributed by atoms with Crippen LogP contribution in [-0.4, -0.2) is 32.3 Å². The molecular weight excluding hydrogens is 250 g/mol. The number of hydrogen-bond donors (Lipinski definition) is 4. The molecule has 2 aromatic heterocycles. The minimum atomic E-state index is -1.09. The van der Waals surface area contributed by atoms with Crippen LogP contribution in [0.25, 0.3) is 0 Å². The van der Waals surface area contributed by atoms with Crippen molar-refractivity contribution in [2.45, 2.75) is 6.54 Å². The Labute approximate surface area is 107 Å². The van der Waals surface area contributed by atoms with Gasteiger partial charge in [-0.05, 0) is 11.6 Å². The molecule has 0 aromatic carbocycles. The van der Waals surface area contributed by atoms with Gasteiger partial charge >= 0.3 is 12.0 Å². The maximum Gasteiger partial charge on any atom is 0.354 e. The van der Waals surface area contributed by atoms with E-state index < -0.39 is 5.97 Å². The predicted molar refractivity (Wildman–Crippen MR) is 65.6 cm³/mol. The minimum absolute atomic E-state index is 0.0356. The third-order valence-corrected chi connectivity index (χ3v) is 2.25. The van der Waals surface area contributed by atoms with E-state index in [0.29, 0.717) is 11.3 Å². The smallest absolute Gasteiger partial charge is 0.354 e. The first-order chi connectivity index (χ1) is 9.15. The molecule has 0 atom stereocenters. The van der Waals surface area contributed by atoms with Gasteiger partial charge in [0.2, 0.25) is 0 Å². The Morgan fingerprint density at radius 1 is 1.32 bits per heavy atom. The number of nitrogens with one attached hydrogen (secondary N) is 3. The third-order valence-electron chi connectivity index (χ3n) is 2.25. The van der Waals surface area contributed by atoms with Crippen LogP contribution >= 0.6 is 0 Å². The van der Waals surface area contributed by atoms with Crippen LogP contribution in [0.5, 0.6) is 0 Å². The lowest BCUT2D eigenvalue weighted by Gasteiger charge is -2.05. The monoisotopic (exact) mass is 261 g/mol. The first-order valence-corrected chi connectivity index (χ1v) is 5.37.